The predicted molar refractivity (Wildman–Crippen MR) is 74.0 cm³/mol. The normalized spacial score (nSPS) is 17.4. The Morgan fingerprint density at radius 2 is 1.80 bits per heavy atom. The largest absolute Gasteiger partial charge is 0.459 e. The number of nitrogens with zero attached hydrogens (tertiary/aromatic N) is 2. The summed E-state index contributed by atoms with van der Waals surface area (Å²) in [6, 6.07) is 2.87. The molecule has 110 valence electrons. The van der Waals surface area contributed by atoms with Gasteiger partial charge < -0.3 is 20.0 Å². The van der Waals surface area contributed by atoms with Crippen LogP contribution in [0.25, 0.3) is 0 Å². The van der Waals surface area contributed by atoms with Gasteiger partial charge in [0.2, 0.25) is 5.91 Å². The van der Waals surface area contributed by atoms with Gasteiger partial charge in [0.1, 0.15) is 0 Å². The zero-order chi connectivity index (χ0) is 14.7. The molecule has 0 saturated carbocycles. The average Bonchev–Trinajstić information content (AvgIpc) is 2.99. The van der Waals surface area contributed by atoms with Crippen LogP contribution in [0.2, 0.25) is 0 Å². The van der Waals surface area contributed by atoms with Gasteiger partial charge in [-0.3, -0.25) is 9.59 Å². The topological polar surface area (TPSA) is 79.8 Å². The fourth-order valence-electron chi connectivity index (χ4n) is 2.18. The van der Waals surface area contributed by atoms with E-state index in [9.17, 15) is 9.59 Å². The highest BCUT2D eigenvalue weighted by Gasteiger charge is 2.29. The molecule has 1 fully saturated rings. The molecule has 2 N–H and O–H groups in total. The Morgan fingerprint density at radius 3 is 2.30 bits per heavy atom. The Balaban J connectivity index is 1.89. The summed E-state index contributed by atoms with van der Waals surface area (Å²) >= 11 is 0. The van der Waals surface area contributed by atoms with Crippen molar-refractivity contribution < 1.29 is 14.0 Å². The standard InChI is InChI=1S/C14H21N3O3/c1-10(2)12(15)14(19)17-7-5-16(6-8-17)13(18)11-4-3-9-20-11/h3-4,9-10,12H,5-8,15H2,1-2H3/t12-/m0/s1. The van der Waals surface area contributed by atoms with Gasteiger partial charge in [0.05, 0.1) is 12.3 Å². The monoisotopic (exact) mass is 279 g/mol. The third-order valence-corrected chi connectivity index (χ3v) is 3.61. The van der Waals surface area contributed by atoms with Gasteiger partial charge in [-0.05, 0) is 18.1 Å². The molecular weight excluding hydrogens is 258 g/mol. The molecule has 1 aliphatic heterocycles. The molecule has 1 aliphatic rings. The molecule has 1 aromatic heterocycles. The second-order valence-electron chi connectivity index (χ2n) is 5.36. The first kappa shape index (κ1) is 14.6. The maximum atomic E-state index is 12.1. The van der Waals surface area contributed by atoms with E-state index in [0.29, 0.717) is 31.9 Å². The van der Waals surface area contributed by atoms with Crippen LogP contribution in [0.1, 0.15) is 24.4 Å². The number of nitrogens with two attached hydrogens (primary N) is 1. The number of carbonyl (C=O) groups excluding carboxylic acids is 2. The lowest BCUT2D eigenvalue weighted by Gasteiger charge is -2.36. The summed E-state index contributed by atoms with van der Waals surface area (Å²) in [5, 5.41) is 0. The minimum atomic E-state index is -0.470. The van der Waals surface area contributed by atoms with Gasteiger partial charge in [-0.25, -0.2) is 0 Å². The van der Waals surface area contributed by atoms with Crippen molar-refractivity contribution in [2.45, 2.75) is 19.9 Å². The van der Waals surface area contributed by atoms with E-state index in [2.05, 4.69) is 0 Å². The van der Waals surface area contributed by atoms with Crippen LogP contribution in [0, 0.1) is 5.92 Å². The van der Waals surface area contributed by atoms with Crippen molar-refractivity contribution in [3.8, 4) is 0 Å². The third-order valence-electron chi connectivity index (χ3n) is 3.61. The molecule has 0 aliphatic carbocycles. The van der Waals surface area contributed by atoms with Crippen LogP contribution in [-0.4, -0.2) is 53.8 Å². The second kappa shape index (κ2) is 6.09. The molecule has 2 heterocycles. The van der Waals surface area contributed by atoms with E-state index >= 15 is 0 Å². The molecular formula is C14H21N3O3. The molecule has 0 unspecified atom stereocenters. The van der Waals surface area contributed by atoms with Crippen LogP contribution in [0.4, 0.5) is 0 Å². The first-order valence-corrected chi connectivity index (χ1v) is 6.88. The Kier molecular flexibility index (Phi) is 4.44. The molecule has 6 heteroatoms. The molecule has 1 aromatic rings. The van der Waals surface area contributed by atoms with Gasteiger partial charge in [-0.1, -0.05) is 13.8 Å². The predicted octanol–water partition coefficient (Wildman–Crippen LogP) is 0.547. The van der Waals surface area contributed by atoms with E-state index in [1.807, 2.05) is 13.8 Å². The molecule has 0 radical (unpaired) electrons. The summed E-state index contributed by atoms with van der Waals surface area (Å²) in [4.78, 5) is 27.6. The highest BCUT2D eigenvalue weighted by atomic mass is 16.3. The highest BCUT2D eigenvalue weighted by Crippen LogP contribution is 2.11. The number of carbonyl (C=O) groups is 2. The van der Waals surface area contributed by atoms with E-state index in [1.165, 1.54) is 6.26 Å². The first-order chi connectivity index (χ1) is 9.50. The van der Waals surface area contributed by atoms with Crippen molar-refractivity contribution >= 4 is 11.8 Å². The molecule has 1 atom stereocenters. The van der Waals surface area contributed by atoms with Gasteiger partial charge >= 0.3 is 0 Å². The molecule has 0 bridgehead atoms. The summed E-state index contributed by atoms with van der Waals surface area (Å²) in [5.74, 6) is 0.286. The molecule has 2 rings (SSSR count). The molecule has 20 heavy (non-hydrogen) atoms. The summed E-state index contributed by atoms with van der Waals surface area (Å²) < 4.78 is 5.10. The molecule has 0 spiro atoms. The second-order valence-corrected chi connectivity index (χ2v) is 5.36. The fourth-order valence-corrected chi connectivity index (χ4v) is 2.18. The molecule has 0 aromatic carbocycles. The quantitative estimate of drug-likeness (QED) is 0.876. The maximum Gasteiger partial charge on any atom is 0.289 e. The summed E-state index contributed by atoms with van der Waals surface area (Å²) in [7, 11) is 0. The van der Waals surface area contributed by atoms with Crippen LogP contribution in [0.15, 0.2) is 22.8 Å². The van der Waals surface area contributed by atoms with Crippen molar-refractivity contribution in [3.05, 3.63) is 24.2 Å². The number of rotatable bonds is 3. The van der Waals surface area contributed by atoms with E-state index in [0.717, 1.165) is 0 Å². The summed E-state index contributed by atoms with van der Waals surface area (Å²) in [5.41, 5.74) is 5.88. The average molecular weight is 279 g/mol. The van der Waals surface area contributed by atoms with Crippen molar-refractivity contribution in [1.29, 1.82) is 0 Å². The zero-order valence-electron chi connectivity index (χ0n) is 11.9. The van der Waals surface area contributed by atoms with Crippen LogP contribution < -0.4 is 5.73 Å². The SMILES string of the molecule is CC(C)[C@H](N)C(=O)N1CCN(C(=O)c2ccco2)CC1. The summed E-state index contributed by atoms with van der Waals surface area (Å²) in [6.07, 6.45) is 1.48. The highest BCUT2D eigenvalue weighted by molar-refractivity contribution is 5.91. The number of amides is 2. The number of hydrogen-bond acceptors (Lipinski definition) is 4. The van der Waals surface area contributed by atoms with Crippen LogP contribution in [0.3, 0.4) is 0 Å². The lowest BCUT2D eigenvalue weighted by Crippen LogP contribution is -2.55. The van der Waals surface area contributed by atoms with Crippen LogP contribution in [0.5, 0.6) is 0 Å². The van der Waals surface area contributed by atoms with E-state index in [1.54, 1.807) is 21.9 Å². The van der Waals surface area contributed by atoms with Crippen molar-refractivity contribution in [2.75, 3.05) is 26.2 Å². The summed E-state index contributed by atoms with van der Waals surface area (Å²) in [6.45, 7) is 5.92. The number of piperazine rings is 1. The number of furan rings is 1. The zero-order valence-corrected chi connectivity index (χ0v) is 11.9. The number of hydrogen-bond donors (Lipinski definition) is 1. The van der Waals surface area contributed by atoms with Gasteiger partial charge in [-0.2, -0.15) is 0 Å². The van der Waals surface area contributed by atoms with Gasteiger partial charge in [-0.15, -0.1) is 0 Å². The van der Waals surface area contributed by atoms with Crippen molar-refractivity contribution in [1.82, 2.24) is 9.80 Å². The Bertz CT molecular complexity index is 462. The third kappa shape index (κ3) is 3.01. The minimum Gasteiger partial charge on any atom is -0.459 e. The molecule has 1 saturated heterocycles. The molecule has 6 nitrogen and oxygen atoms in total. The Hall–Kier alpha value is -1.82. The van der Waals surface area contributed by atoms with Crippen LogP contribution in [-0.2, 0) is 4.79 Å². The lowest BCUT2D eigenvalue weighted by molar-refractivity contribution is -0.135. The smallest absolute Gasteiger partial charge is 0.289 e. The van der Waals surface area contributed by atoms with E-state index in [-0.39, 0.29) is 17.7 Å². The van der Waals surface area contributed by atoms with Crippen molar-refractivity contribution in [3.63, 3.8) is 0 Å². The van der Waals surface area contributed by atoms with E-state index in [4.69, 9.17) is 10.2 Å². The van der Waals surface area contributed by atoms with Crippen molar-refractivity contribution in [2.24, 2.45) is 11.7 Å². The first-order valence-electron chi connectivity index (χ1n) is 6.88. The maximum absolute atomic E-state index is 12.1. The fraction of sp³-hybridized carbons (Fsp3) is 0.571. The minimum absolute atomic E-state index is 0.0369. The lowest BCUT2D eigenvalue weighted by atomic mass is 10.0. The van der Waals surface area contributed by atoms with Gasteiger partial charge in [0.25, 0.3) is 5.91 Å². The Morgan fingerprint density at radius 1 is 1.20 bits per heavy atom. The van der Waals surface area contributed by atoms with Gasteiger partial charge in [0.15, 0.2) is 5.76 Å². The van der Waals surface area contributed by atoms with Crippen LogP contribution >= 0.6 is 0 Å². The Labute approximate surface area is 118 Å². The van der Waals surface area contributed by atoms with Gasteiger partial charge in [0, 0.05) is 26.2 Å². The molecule has 2 amide bonds. The van der Waals surface area contributed by atoms with E-state index < -0.39 is 6.04 Å².